The molecule has 0 radical (unpaired) electrons. The van der Waals surface area contributed by atoms with Crippen LogP contribution in [0.2, 0.25) is 0 Å². The van der Waals surface area contributed by atoms with Crippen LogP contribution in [0.25, 0.3) is 0 Å². The number of hydrogen-bond donors (Lipinski definition) is 0. The van der Waals surface area contributed by atoms with E-state index < -0.39 is 0 Å². The van der Waals surface area contributed by atoms with Crippen molar-refractivity contribution in [2.45, 2.75) is 50.8 Å². The van der Waals surface area contributed by atoms with Crippen molar-refractivity contribution in [1.29, 1.82) is 0 Å². The third kappa shape index (κ3) is 2.66. The van der Waals surface area contributed by atoms with Gasteiger partial charge in [0.2, 0.25) is 0 Å². The van der Waals surface area contributed by atoms with E-state index in [0.717, 1.165) is 0 Å². The Hall–Kier alpha value is -0.790. The van der Waals surface area contributed by atoms with Gasteiger partial charge in [0.25, 0.3) is 0 Å². The first-order chi connectivity index (χ1) is 9.69. The Bertz CT molecular complexity index is 560. The molecule has 2 aromatic rings. The number of thiophene rings is 1. The number of alkyl halides is 1. The number of halogens is 1. The highest BCUT2D eigenvalue weighted by Gasteiger charge is 2.20. The van der Waals surface area contributed by atoms with Crippen molar-refractivity contribution in [3.05, 3.63) is 56.8 Å². The molecule has 1 heterocycles. The molecule has 0 amide bonds. The highest BCUT2D eigenvalue weighted by atomic mass is 35.5. The maximum Gasteiger partial charge on any atom is 0.0927 e. The molecule has 0 bridgehead atoms. The summed E-state index contributed by atoms with van der Waals surface area (Å²) < 4.78 is 0. The van der Waals surface area contributed by atoms with Crippen molar-refractivity contribution in [3.63, 3.8) is 0 Å². The lowest BCUT2D eigenvalue weighted by atomic mass is 9.97. The van der Waals surface area contributed by atoms with E-state index >= 15 is 0 Å². The molecular weight excluding hydrogens is 284 g/mol. The topological polar surface area (TPSA) is 0 Å². The van der Waals surface area contributed by atoms with Gasteiger partial charge in [-0.05, 0) is 54.4 Å². The van der Waals surface area contributed by atoms with Crippen LogP contribution in [0.15, 0.2) is 30.3 Å². The predicted molar refractivity (Wildman–Crippen MR) is 89.2 cm³/mol. The monoisotopic (exact) mass is 304 g/mol. The maximum absolute atomic E-state index is 6.67. The van der Waals surface area contributed by atoms with Crippen LogP contribution in [0.4, 0.5) is 0 Å². The SMILES string of the molecule is CCC(C)c1ccc(C(Cl)c2cc3c(s2)CCC3)cc1. The minimum atomic E-state index is 0.0107. The van der Waals surface area contributed by atoms with E-state index in [1.165, 1.54) is 47.3 Å². The summed E-state index contributed by atoms with van der Waals surface area (Å²) in [6.45, 7) is 4.51. The number of fused-ring (bicyclic) bond motifs is 1. The zero-order valence-electron chi connectivity index (χ0n) is 12.2. The molecular formula is C18H21ClS. The smallest absolute Gasteiger partial charge is 0.0927 e. The number of rotatable bonds is 4. The summed E-state index contributed by atoms with van der Waals surface area (Å²) in [5.74, 6) is 0.628. The Morgan fingerprint density at radius 2 is 1.85 bits per heavy atom. The fraction of sp³-hybridized carbons (Fsp3) is 0.444. The summed E-state index contributed by atoms with van der Waals surface area (Å²) in [6.07, 6.45) is 4.98. The zero-order valence-corrected chi connectivity index (χ0v) is 13.7. The predicted octanol–water partition coefficient (Wildman–Crippen LogP) is 6.08. The first kappa shape index (κ1) is 14.2. The van der Waals surface area contributed by atoms with Crippen molar-refractivity contribution >= 4 is 22.9 Å². The molecule has 1 aromatic heterocycles. The van der Waals surface area contributed by atoms with Crippen molar-refractivity contribution in [2.24, 2.45) is 0 Å². The van der Waals surface area contributed by atoms with Crippen LogP contribution < -0.4 is 0 Å². The Balaban J connectivity index is 1.81. The summed E-state index contributed by atoms with van der Waals surface area (Å²) in [4.78, 5) is 2.87. The summed E-state index contributed by atoms with van der Waals surface area (Å²) >= 11 is 8.58. The van der Waals surface area contributed by atoms with Gasteiger partial charge in [-0.15, -0.1) is 22.9 Å². The normalized spacial score (nSPS) is 16.9. The fourth-order valence-corrected chi connectivity index (χ4v) is 4.48. The standard InChI is InChI=1S/C18H21ClS/c1-3-12(2)13-7-9-14(10-8-13)18(19)17-11-15-5-4-6-16(15)20-17/h7-12,18H,3-6H2,1-2H3. The molecule has 1 aliphatic rings. The first-order valence-electron chi connectivity index (χ1n) is 7.54. The van der Waals surface area contributed by atoms with E-state index in [4.69, 9.17) is 11.6 Å². The van der Waals surface area contributed by atoms with Crippen molar-refractivity contribution in [1.82, 2.24) is 0 Å². The van der Waals surface area contributed by atoms with E-state index in [-0.39, 0.29) is 5.38 Å². The quantitative estimate of drug-likeness (QED) is 0.601. The Morgan fingerprint density at radius 3 is 2.50 bits per heavy atom. The molecule has 2 atom stereocenters. The number of hydrogen-bond acceptors (Lipinski definition) is 1. The lowest BCUT2D eigenvalue weighted by Crippen LogP contribution is -1.94. The van der Waals surface area contributed by atoms with Crippen LogP contribution in [-0.4, -0.2) is 0 Å². The second-order valence-corrected chi connectivity index (χ2v) is 7.39. The average Bonchev–Trinajstić information content (AvgIpc) is 3.07. The third-order valence-corrected chi connectivity index (χ3v) is 6.34. The zero-order chi connectivity index (χ0) is 14.1. The van der Waals surface area contributed by atoms with E-state index in [2.05, 4.69) is 44.2 Å². The van der Waals surface area contributed by atoms with Crippen LogP contribution in [0.3, 0.4) is 0 Å². The van der Waals surface area contributed by atoms with Gasteiger partial charge in [0.15, 0.2) is 0 Å². The molecule has 1 aromatic carbocycles. The highest BCUT2D eigenvalue weighted by molar-refractivity contribution is 7.12. The van der Waals surface area contributed by atoms with E-state index in [9.17, 15) is 0 Å². The van der Waals surface area contributed by atoms with Crippen LogP contribution in [0.5, 0.6) is 0 Å². The number of aryl methyl sites for hydroxylation is 2. The fourth-order valence-electron chi connectivity index (χ4n) is 2.87. The molecule has 0 N–H and O–H groups in total. The molecule has 20 heavy (non-hydrogen) atoms. The highest BCUT2D eigenvalue weighted by Crippen LogP contribution is 2.39. The molecule has 0 spiro atoms. The average molecular weight is 305 g/mol. The maximum atomic E-state index is 6.67. The third-order valence-electron chi connectivity index (χ3n) is 4.43. The van der Waals surface area contributed by atoms with Gasteiger partial charge in [-0.3, -0.25) is 0 Å². The molecule has 2 unspecified atom stereocenters. The van der Waals surface area contributed by atoms with Gasteiger partial charge in [-0.2, -0.15) is 0 Å². The Kier molecular flexibility index (Phi) is 4.18. The van der Waals surface area contributed by atoms with Gasteiger partial charge < -0.3 is 0 Å². The summed E-state index contributed by atoms with van der Waals surface area (Å²) in [7, 11) is 0. The minimum Gasteiger partial charge on any atom is -0.143 e. The second-order valence-electron chi connectivity index (χ2n) is 5.79. The summed E-state index contributed by atoms with van der Waals surface area (Å²) in [5, 5.41) is 0.0107. The molecule has 0 aliphatic heterocycles. The number of benzene rings is 1. The van der Waals surface area contributed by atoms with E-state index in [1.54, 1.807) is 4.88 Å². The van der Waals surface area contributed by atoms with Gasteiger partial charge in [0.05, 0.1) is 5.38 Å². The van der Waals surface area contributed by atoms with Crippen LogP contribution in [-0.2, 0) is 12.8 Å². The van der Waals surface area contributed by atoms with Gasteiger partial charge in [0, 0.05) is 9.75 Å². The van der Waals surface area contributed by atoms with Gasteiger partial charge in [-0.1, -0.05) is 38.1 Å². The molecule has 3 rings (SSSR count). The largest absolute Gasteiger partial charge is 0.143 e. The van der Waals surface area contributed by atoms with Crippen LogP contribution >= 0.6 is 22.9 Å². The van der Waals surface area contributed by atoms with Crippen molar-refractivity contribution < 1.29 is 0 Å². The van der Waals surface area contributed by atoms with Crippen LogP contribution in [0.1, 0.15) is 64.4 Å². The van der Waals surface area contributed by atoms with Crippen molar-refractivity contribution in [2.75, 3.05) is 0 Å². The van der Waals surface area contributed by atoms with Gasteiger partial charge in [-0.25, -0.2) is 0 Å². The molecule has 0 fully saturated rings. The first-order valence-corrected chi connectivity index (χ1v) is 8.79. The lowest BCUT2D eigenvalue weighted by Gasteiger charge is -2.12. The summed E-state index contributed by atoms with van der Waals surface area (Å²) in [6, 6.07) is 11.2. The lowest BCUT2D eigenvalue weighted by molar-refractivity contribution is 0.733. The summed E-state index contributed by atoms with van der Waals surface area (Å²) in [5.41, 5.74) is 4.17. The minimum absolute atomic E-state index is 0.0107. The van der Waals surface area contributed by atoms with E-state index in [1.807, 2.05) is 11.3 Å². The van der Waals surface area contributed by atoms with E-state index in [0.29, 0.717) is 5.92 Å². The molecule has 0 nitrogen and oxygen atoms in total. The molecule has 0 saturated carbocycles. The molecule has 1 aliphatic carbocycles. The van der Waals surface area contributed by atoms with Gasteiger partial charge >= 0.3 is 0 Å². The Labute approximate surface area is 130 Å². The Morgan fingerprint density at radius 1 is 1.15 bits per heavy atom. The molecule has 0 saturated heterocycles. The molecule has 2 heteroatoms. The van der Waals surface area contributed by atoms with Crippen LogP contribution in [0, 0.1) is 0 Å². The van der Waals surface area contributed by atoms with Gasteiger partial charge in [0.1, 0.15) is 0 Å². The second kappa shape index (κ2) is 5.91. The molecule has 106 valence electrons. The van der Waals surface area contributed by atoms with Crippen molar-refractivity contribution in [3.8, 4) is 0 Å².